The standard InChI is InChI=1S/2C10H8N2.2Co.2H4O7P2.4H2O/c2*1-3-7-11-9(5-1)10-6-2-4-8-12-10;;;2*1-8(2,3)7-9(4,5)6;;;;/h2*1-8H;;;2*(H2,1,2,3)(H2,4,5,6);4*1H2/q;;2*+2;;;;;;/p-2. The van der Waals surface area contributed by atoms with Crippen LogP contribution < -0.4 is 19.6 Å². The van der Waals surface area contributed by atoms with Crippen LogP contribution in [0, 0.1) is 0 Å². The van der Waals surface area contributed by atoms with Crippen molar-refractivity contribution in [3.8, 4) is 22.8 Å². The summed E-state index contributed by atoms with van der Waals surface area (Å²) < 4.78 is 43.4. The fraction of sp³-hybridized carbons (Fsp3) is 0. The Morgan fingerprint density at radius 1 is 0.438 bits per heavy atom. The molecule has 0 aliphatic heterocycles. The van der Waals surface area contributed by atoms with E-state index in [0.29, 0.717) is 0 Å². The quantitative estimate of drug-likeness (QED) is 0.109. The molecule has 274 valence electrons. The molecule has 0 spiro atoms. The van der Waals surface area contributed by atoms with Gasteiger partial charge in [-0.05, 0) is 48.5 Å². The smallest absolute Gasteiger partial charge is 0.756 e. The Balaban J connectivity index is -0.000000119. The van der Waals surface area contributed by atoms with Crippen LogP contribution in [0.2, 0.25) is 0 Å². The third kappa shape index (κ3) is 32.5. The maximum atomic E-state index is 9.48. The molecule has 14 N–H and O–H groups in total. The second kappa shape index (κ2) is 27.8. The maximum Gasteiger partial charge on any atom is 2.00 e. The van der Waals surface area contributed by atoms with Crippen molar-refractivity contribution in [2.45, 2.75) is 0 Å². The zero-order chi connectivity index (χ0) is 31.9. The number of pyridine rings is 4. The van der Waals surface area contributed by atoms with Gasteiger partial charge < -0.3 is 61.1 Å². The molecule has 4 atom stereocenters. The minimum atomic E-state index is -5.36. The van der Waals surface area contributed by atoms with Crippen LogP contribution in [-0.2, 0) is 71.4 Å². The van der Waals surface area contributed by atoms with E-state index in [1.165, 1.54) is 0 Å². The summed E-state index contributed by atoms with van der Waals surface area (Å²) in [5, 5.41) is 0. The monoisotopic (exact) mass is 856 g/mol. The Kier molecular flexibility index (Phi) is 33.7. The zero-order valence-corrected chi connectivity index (χ0v) is 29.2. The van der Waals surface area contributed by atoms with Crippen LogP contribution in [-0.4, -0.2) is 50.5 Å². The van der Waals surface area contributed by atoms with Crippen LogP contribution in [0.25, 0.3) is 22.8 Å². The van der Waals surface area contributed by atoms with Crippen LogP contribution in [0.3, 0.4) is 0 Å². The SMILES string of the molecule is O.O.O=P([O-])(O)OP(=O)([O-])O.O=P([O-])(O)OP(=O)([O-])O.[Co+2].[Co+2].[OH3+].[OH3+].c1ccc(-c2ccccn2)nc1.c1ccc(-c2ccccn2)nc1. The number of phosphoric acid groups is 4. The molecule has 4 unspecified atom stereocenters. The molecule has 2 radical (unpaired) electrons. The van der Waals surface area contributed by atoms with E-state index in [2.05, 4.69) is 28.6 Å². The van der Waals surface area contributed by atoms with E-state index >= 15 is 0 Å². The fourth-order valence-electron chi connectivity index (χ4n) is 2.32. The van der Waals surface area contributed by atoms with Crippen LogP contribution in [0.1, 0.15) is 0 Å². The van der Waals surface area contributed by atoms with Gasteiger partial charge in [-0.3, -0.25) is 38.2 Å². The molecule has 0 fully saturated rings. The predicted octanol–water partition coefficient (Wildman–Crippen LogP) is -3.36. The molecule has 0 aromatic carbocycles. The van der Waals surface area contributed by atoms with E-state index in [4.69, 9.17) is 19.6 Å². The van der Waals surface area contributed by atoms with Gasteiger partial charge in [0, 0.05) is 24.8 Å². The van der Waals surface area contributed by atoms with Gasteiger partial charge in [0.05, 0.1) is 22.8 Å². The van der Waals surface area contributed by atoms with Crippen LogP contribution in [0.5, 0.6) is 0 Å². The molecule has 4 aromatic heterocycles. The van der Waals surface area contributed by atoms with Gasteiger partial charge in [-0.2, -0.15) is 0 Å². The third-order valence-corrected chi connectivity index (χ3v) is 6.90. The zero-order valence-electron chi connectivity index (χ0n) is 23.5. The summed E-state index contributed by atoms with van der Waals surface area (Å²) in [5.74, 6) is 0. The summed E-state index contributed by atoms with van der Waals surface area (Å²) in [5.41, 5.74) is 3.66. The maximum absolute atomic E-state index is 9.48. The van der Waals surface area contributed by atoms with Crippen molar-refractivity contribution >= 4 is 31.3 Å². The van der Waals surface area contributed by atoms with Crippen LogP contribution in [0.4, 0.5) is 0 Å². The Morgan fingerprint density at radius 3 is 0.688 bits per heavy atom. The van der Waals surface area contributed by atoms with Gasteiger partial charge in [0.15, 0.2) is 0 Å². The Labute approximate surface area is 292 Å². The van der Waals surface area contributed by atoms with E-state index in [9.17, 15) is 37.8 Å². The first-order valence-electron chi connectivity index (χ1n) is 10.6. The Hall–Kier alpha value is -2.03. The van der Waals surface area contributed by atoms with E-state index in [1.807, 2.05) is 72.8 Å². The summed E-state index contributed by atoms with van der Waals surface area (Å²) in [7, 11) is -21.5. The van der Waals surface area contributed by atoms with E-state index in [-0.39, 0.29) is 55.5 Å². The van der Waals surface area contributed by atoms with Crippen molar-refractivity contribution in [1.29, 1.82) is 0 Å². The van der Waals surface area contributed by atoms with Gasteiger partial charge >= 0.3 is 33.6 Å². The van der Waals surface area contributed by atoms with Crippen molar-refractivity contribution < 1.29 is 121 Å². The number of rotatable bonds is 6. The summed E-state index contributed by atoms with van der Waals surface area (Å²) in [4.78, 5) is 85.0. The van der Waals surface area contributed by atoms with Crippen molar-refractivity contribution in [1.82, 2.24) is 19.9 Å². The first-order chi connectivity index (χ1) is 19.3. The van der Waals surface area contributed by atoms with Gasteiger partial charge in [-0.25, -0.2) is 8.62 Å². The predicted molar refractivity (Wildman–Crippen MR) is 153 cm³/mol. The molecule has 0 saturated carbocycles. The normalized spacial score (nSPS) is 14.0. The molecule has 4 aromatic rings. The first kappa shape index (κ1) is 58.2. The molecule has 0 saturated heterocycles. The summed E-state index contributed by atoms with van der Waals surface area (Å²) in [6, 6.07) is 23.2. The minimum absolute atomic E-state index is 0. The second-order valence-corrected chi connectivity index (χ2v) is 12.0. The van der Waals surface area contributed by atoms with Gasteiger partial charge in [0.2, 0.25) is 0 Å². The van der Waals surface area contributed by atoms with Crippen molar-refractivity contribution in [2.75, 3.05) is 0 Å². The van der Waals surface area contributed by atoms with E-state index < -0.39 is 31.3 Å². The molecule has 0 aliphatic carbocycles. The molecular formula is C20H30Co2N4O18P4+2. The number of aromatic nitrogens is 4. The fourth-order valence-corrected chi connectivity index (χ4v) is 4.40. The second-order valence-electron chi connectivity index (χ2n) is 6.90. The minimum Gasteiger partial charge on any atom is -0.756 e. The van der Waals surface area contributed by atoms with Gasteiger partial charge in [-0.1, -0.05) is 24.3 Å². The first-order valence-corrected chi connectivity index (χ1v) is 16.6. The molecule has 28 heteroatoms. The number of hydrogen-bond donors (Lipinski definition) is 4. The number of nitrogens with zero attached hydrogens (tertiary/aromatic N) is 4. The summed E-state index contributed by atoms with van der Waals surface area (Å²) in [6.45, 7) is 0. The third-order valence-electron chi connectivity index (χ3n) is 3.60. The molecule has 48 heavy (non-hydrogen) atoms. The average Bonchev–Trinajstić information content (AvgIpc) is 2.88. The topological polar surface area (TPSA) is 440 Å². The van der Waals surface area contributed by atoms with E-state index in [1.54, 1.807) is 24.8 Å². The van der Waals surface area contributed by atoms with Gasteiger partial charge in [0.1, 0.15) is 0 Å². The molecule has 0 bridgehead atoms. The summed E-state index contributed by atoms with van der Waals surface area (Å²) in [6.07, 6.45) is 7.07. The summed E-state index contributed by atoms with van der Waals surface area (Å²) >= 11 is 0. The van der Waals surface area contributed by atoms with Gasteiger partial charge in [-0.15, -0.1) is 0 Å². The van der Waals surface area contributed by atoms with Crippen molar-refractivity contribution in [2.24, 2.45) is 0 Å². The molecular weight excluding hydrogens is 826 g/mol. The van der Waals surface area contributed by atoms with Crippen LogP contribution in [0.15, 0.2) is 97.6 Å². The van der Waals surface area contributed by atoms with Crippen molar-refractivity contribution in [3.63, 3.8) is 0 Å². The average molecular weight is 856 g/mol. The van der Waals surface area contributed by atoms with Gasteiger partial charge in [0.25, 0.3) is 31.3 Å². The molecule has 4 rings (SSSR count). The molecule has 0 aliphatic rings. The van der Waals surface area contributed by atoms with Crippen molar-refractivity contribution in [3.05, 3.63) is 97.6 Å². The molecule has 4 heterocycles. The molecule has 22 nitrogen and oxygen atoms in total. The van der Waals surface area contributed by atoms with E-state index in [0.717, 1.165) is 22.8 Å². The largest absolute Gasteiger partial charge is 2.00 e. The Morgan fingerprint density at radius 2 is 0.604 bits per heavy atom. The number of hydrogen-bond acceptors (Lipinski definition) is 14. The Bertz CT molecular complexity index is 1300. The van der Waals surface area contributed by atoms with Crippen LogP contribution >= 0.6 is 31.3 Å². The molecule has 0 amide bonds.